The predicted octanol–water partition coefficient (Wildman–Crippen LogP) is 4.65. The Bertz CT molecular complexity index is 628. The average Bonchev–Trinajstić information content (AvgIpc) is 2.33. The third kappa shape index (κ3) is 3.52. The Labute approximate surface area is 130 Å². The Morgan fingerprint density at radius 1 is 1.32 bits per heavy atom. The van der Waals surface area contributed by atoms with E-state index in [9.17, 15) is 9.18 Å². The molecule has 0 unspecified atom stereocenters. The number of rotatable bonds is 2. The van der Waals surface area contributed by atoms with E-state index >= 15 is 0 Å². The van der Waals surface area contributed by atoms with E-state index in [2.05, 4.69) is 42.2 Å². The van der Waals surface area contributed by atoms with Crippen LogP contribution in [-0.2, 0) is 0 Å². The standard InChI is InChI=1S/C12H6Br2ClFN2O/c13-7-4-6(16)5-8(15)11(7)18-12(19)9-2-1-3-10(14)17-9/h1-5H,(H,18,19). The zero-order valence-electron chi connectivity index (χ0n) is 9.25. The fraction of sp³-hybridized carbons (Fsp3) is 0. The van der Waals surface area contributed by atoms with Crippen molar-refractivity contribution in [3.05, 3.63) is 55.9 Å². The van der Waals surface area contributed by atoms with E-state index < -0.39 is 11.7 Å². The summed E-state index contributed by atoms with van der Waals surface area (Å²) in [5.74, 6) is -0.925. The van der Waals surface area contributed by atoms with Crippen molar-refractivity contribution < 1.29 is 9.18 Å². The number of nitrogens with one attached hydrogen (secondary N) is 1. The molecule has 1 N–H and O–H groups in total. The van der Waals surface area contributed by atoms with Gasteiger partial charge in [0.25, 0.3) is 5.91 Å². The first-order valence-electron chi connectivity index (χ1n) is 5.06. The van der Waals surface area contributed by atoms with Crippen LogP contribution in [0.2, 0.25) is 5.02 Å². The van der Waals surface area contributed by atoms with Crippen LogP contribution in [0.15, 0.2) is 39.4 Å². The molecule has 0 spiro atoms. The topological polar surface area (TPSA) is 42.0 Å². The smallest absolute Gasteiger partial charge is 0.274 e. The molecule has 1 aromatic heterocycles. The molecule has 0 fully saturated rings. The van der Waals surface area contributed by atoms with Crippen LogP contribution >= 0.6 is 43.5 Å². The number of benzene rings is 1. The van der Waals surface area contributed by atoms with E-state index in [4.69, 9.17) is 11.6 Å². The van der Waals surface area contributed by atoms with Crippen LogP contribution in [0.4, 0.5) is 10.1 Å². The molecule has 0 aliphatic carbocycles. The minimum Gasteiger partial charge on any atom is -0.318 e. The number of pyridine rings is 1. The maximum absolute atomic E-state index is 13.1. The van der Waals surface area contributed by atoms with Crippen molar-refractivity contribution in [2.24, 2.45) is 0 Å². The Morgan fingerprint density at radius 2 is 2.05 bits per heavy atom. The molecule has 0 saturated heterocycles. The molecule has 0 atom stereocenters. The van der Waals surface area contributed by atoms with Crippen LogP contribution in [0.3, 0.4) is 0 Å². The SMILES string of the molecule is O=C(Nc1c(Cl)cc(F)cc1Br)c1cccc(Br)n1. The summed E-state index contributed by atoms with van der Waals surface area (Å²) in [6.45, 7) is 0. The van der Waals surface area contributed by atoms with Gasteiger partial charge in [0.2, 0.25) is 0 Å². The van der Waals surface area contributed by atoms with Crippen molar-refractivity contribution in [1.82, 2.24) is 4.98 Å². The molecule has 19 heavy (non-hydrogen) atoms. The number of hydrogen-bond donors (Lipinski definition) is 1. The minimum atomic E-state index is -0.490. The van der Waals surface area contributed by atoms with Gasteiger partial charge >= 0.3 is 0 Å². The number of carbonyl (C=O) groups is 1. The lowest BCUT2D eigenvalue weighted by molar-refractivity contribution is 0.102. The second-order valence-electron chi connectivity index (χ2n) is 3.54. The zero-order valence-corrected chi connectivity index (χ0v) is 13.2. The van der Waals surface area contributed by atoms with Gasteiger partial charge in [-0.1, -0.05) is 17.7 Å². The highest BCUT2D eigenvalue weighted by Gasteiger charge is 2.13. The average molecular weight is 408 g/mol. The molecule has 2 rings (SSSR count). The number of amides is 1. The number of halogens is 4. The van der Waals surface area contributed by atoms with E-state index in [1.54, 1.807) is 18.2 Å². The van der Waals surface area contributed by atoms with Crippen LogP contribution in [0.1, 0.15) is 10.5 Å². The van der Waals surface area contributed by atoms with Gasteiger partial charge in [0.15, 0.2) is 0 Å². The van der Waals surface area contributed by atoms with E-state index in [1.165, 1.54) is 6.07 Å². The molecule has 1 amide bonds. The van der Waals surface area contributed by atoms with Crippen molar-refractivity contribution in [3.8, 4) is 0 Å². The lowest BCUT2D eigenvalue weighted by atomic mass is 10.3. The molecule has 3 nitrogen and oxygen atoms in total. The molecule has 7 heteroatoms. The van der Waals surface area contributed by atoms with Crippen molar-refractivity contribution >= 4 is 55.1 Å². The number of nitrogens with zero attached hydrogens (tertiary/aromatic N) is 1. The highest BCUT2D eigenvalue weighted by atomic mass is 79.9. The third-order valence-electron chi connectivity index (χ3n) is 2.19. The summed E-state index contributed by atoms with van der Waals surface area (Å²) < 4.78 is 14.0. The molecule has 0 aliphatic rings. The van der Waals surface area contributed by atoms with Gasteiger partial charge < -0.3 is 5.32 Å². The molecule has 1 heterocycles. The number of hydrogen-bond acceptors (Lipinski definition) is 2. The van der Waals surface area contributed by atoms with Crippen LogP contribution in [0.25, 0.3) is 0 Å². The predicted molar refractivity (Wildman–Crippen MR) is 79.0 cm³/mol. The summed E-state index contributed by atoms with van der Waals surface area (Å²) in [4.78, 5) is 16.0. The van der Waals surface area contributed by atoms with Gasteiger partial charge in [0.1, 0.15) is 16.1 Å². The Morgan fingerprint density at radius 3 is 2.68 bits per heavy atom. The molecule has 0 aliphatic heterocycles. The summed E-state index contributed by atoms with van der Waals surface area (Å²) in [5, 5.41) is 2.69. The molecule has 2 aromatic rings. The van der Waals surface area contributed by atoms with E-state index in [1.807, 2.05) is 0 Å². The highest BCUT2D eigenvalue weighted by molar-refractivity contribution is 9.10. The fourth-order valence-corrected chi connectivity index (χ4v) is 2.62. The summed E-state index contributed by atoms with van der Waals surface area (Å²) in [5.41, 5.74) is 0.525. The second kappa shape index (κ2) is 5.98. The first-order valence-corrected chi connectivity index (χ1v) is 7.02. The van der Waals surface area contributed by atoms with E-state index in [0.717, 1.165) is 6.07 Å². The van der Waals surface area contributed by atoms with Crippen LogP contribution in [0, 0.1) is 5.82 Å². The quantitative estimate of drug-likeness (QED) is 0.735. The maximum atomic E-state index is 13.1. The largest absolute Gasteiger partial charge is 0.318 e. The summed E-state index contributed by atoms with van der Waals surface area (Å²) in [6.07, 6.45) is 0. The van der Waals surface area contributed by atoms with Crippen molar-refractivity contribution in [1.29, 1.82) is 0 Å². The minimum absolute atomic E-state index is 0.107. The van der Waals surface area contributed by atoms with Crippen LogP contribution in [-0.4, -0.2) is 10.9 Å². The van der Waals surface area contributed by atoms with Gasteiger partial charge in [-0.05, 0) is 56.1 Å². The van der Waals surface area contributed by atoms with Gasteiger partial charge in [-0.3, -0.25) is 4.79 Å². The fourth-order valence-electron chi connectivity index (χ4n) is 1.37. The normalized spacial score (nSPS) is 10.3. The van der Waals surface area contributed by atoms with Crippen molar-refractivity contribution in [3.63, 3.8) is 0 Å². The lowest BCUT2D eigenvalue weighted by Crippen LogP contribution is -2.14. The molecular formula is C12H6Br2ClFN2O. The van der Waals surface area contributed by atoms with Gasteiger partial charge in [0.05, 0.1) is 10.7 Å². The van der Waals surface area contributed by atoms with Crippen molar-refractivity contribution in [2.45, 2.75) is 0 Å². The summed E-state index contributed by atoms with van der Waals surface area (Å²) in [6, 6.07) is 7.29. The molecule has 98 valence electrons. The second-order valence-corrected chi connectivity index (χ2v) is 5.62. The van der Waals surface area contributed by atoms with Gasteiger partial charge in [-0.15, -0.1) is 0 Å². The summed E-state index contributed by atoms with van der Waals surface area (Å²) in [7, 11) is 0. The van der Waals surface area contributed by atoms with E-state index in [-0.39, 0.29) is 10.7 Å². The Hall–Kier alpha value is -0.980. The molecular weight excluding hydrogens is 402 g/mol. The van der Waals surface area contributed by atoms with Gasteiger partial charge in [-0.2, -0.15) is 0 Å². The first kappa shape index (κ1) is 14.4. The molecule has 1 aromatic carbocycles. The zero-order chi connectivity index (χ0) is 14.0. The Balaban J connectivity index is 2.29. The van der Waals surface area contributed by atoms with Crippen molar-refractivity contribution in [2.75, 3.05) is 5.32 Å². The lowest BCUT2D eigenvalue weighted by Gasteiger charge is -2.09. The first-order chi connectivity index (χ1) is 8.97. The van der Waals surface area contributed by atoms with Crippen LogP contribution in [0.5, 0.6) is 0 Å². The number of anilines is 1. The molecule has 0 bridgehead atoms. The van der Waals surface area contributed by atoms with E-state index in [0.29, 0.717) is 14.8 Å². The number of aromatic nitrogens is 1. The number of carbonyl (C=O) groups excluding carboxylic acids is 1. The highest BCUT2D eigenvalue weighted by Crippen LogP contribution is 2.31. The van der Waals surface area contributed by atoms with Gasteiger partial charge in [0, 0.05) is 4.47 Å². The summed E-state index contributed by atoms with van der Waals surface area (Å²) >= 11 is 12.2. The maximum Gasteiger partial charge on any atom is 0.274 e. The molecule has 0 radical (unpaired) electrons. The third-order valence-corrected chi connectivity index (χ3v) is 3.56. The Kier molecular flexibility index (Phi) is 4.54. The monoisotopic (exact) mass is 406 g/mol. The molecule has 0 saturated carbocycles. The van der Waals surface area contributed by atoms with Crippen LogP contribution < -0.4 is 5.32 Å². The van der Waals surface area contributed by atoms with Gasteiger partial charge in [-0.25, -0.2) is 9.37 Å².